The maximum Gasteiger partial charge on any atom is 0.128 e. The molecule has 0 atom stereocenters. The van der Waals surface area contributed by atoms with Gasteiger partial charge in [-0.05, 0) is 74.4 Å². The zero-order valence-corrected chi connectivity index (χ0v) is 17.1. The molecule has 2 aromatic carbocycles. The average molecular weight is 389 g/mol. The van der Waals surface area contributed by atoms with Crippen molar-refractivity contribution in [2.75, 3.05) is 19.9 Å². The van der Waals surface area contributed by atoms with Crippen molar-refractivity contribution in [3.63, 3.8) is 0 Å². The standard InChI is InChI=1S/C21H25ClN2OS/c1-13-18(22)9-8-16-15(6-4-5-11-23)21(24-20(13)16)17-12-14(26-3)7-10-19(17)25-2/h7-10,12,24H,4-6,11,23H2,1-3H3. The van der Waals surface area contributed by atoms with Crippen LogP contribution in [0.2, 0.25) is 5.02 Å². The first kappa shape index (κ1) is 19.2. The zero-order chi connectivity index (χ0) is 18.7. The highest BCUT2D eigenvalue weighted by molar-refractivity contribution is 7.98. The molecule has 0 aliphatic heterocycles. The number of fused-ring (bicyclic) bond motifs is 1. The van der Waals surface area contributed by atoms with Crippen LogP contribution in [0.15, 0.2) is 35.2 Å². The van der Waals surface area contributed by atoms with E-state index in [1.807, 2.05) is 12.1 Å². The summed E-state index contributed by atoms with van der Waals surface area (Å²) < 4.78 is 5.65. The topological polar surface area (TPSA) is 51.0 Å². The third-order valence-corrected chi connectivity index (χ3v) is 5.97. The number of aromatic amines is 1. The number of aromatic nitrogens is 1. The summed E-state index contributed by atoms with van der Waals surface area (Å²) in [5.74, 6) is 0.873. The molecule has 0 spiro atoms. The molecule has 0 amide bonds. The lowest BCUT2D eigenvalue weighted by molar-refractivity contribution is 0.416. The highest BCUT2D eigenvalue weighted by atomic mass is 35.5. The van der Waals surface area contributed by atoms with Gasteiger partial charge in [-0.25, -0.2) is 0 Å². The number of nitrogens with two attached hydrogens (primary N) is 1. The Kier molecular flexibility index (Phi) is 6.17. The molecule has 0 aliphatic carbocycles. The number of thioether (sulfide) groups is 1. The van der Waals surface area contributed by atoms with Gasteiger partial charge in [-0.2, -0.15) is 0 Å². The van der Waals surface area contributed by atoms with Gasteiger partial charge in [0.2, 0.25) is 0 Å². The summed E-state index contributed by atoms with van der Waals surface area (Å²) in [4.78, 5) is 4.85. The van der Waals surface area contributed by atoms with Crippen LogP contribution in [0.4, 0.5) is 0 Å². The van der Waals surface area contributed by atoms with Crippen molar-refractivity contribution in [2.24, 2.45) is 5.73 Å². The number of halogens is 1. The number of hydrogen-bond acceptors (Lipinski definition) is 3. The molecule has 3 rings (SSSR count). The fourth-order valence-corrected chi connectivity index (χ4v) is 3.98. The van der Waals surface area contributed by atoms with E-state index in [0.29, 0.717) is 6.54 Å². The molecule has 0 saturated carbocycles. The predicted molar refractivity (Wildman–Crippen MR) is 114 cm³/mol. The van der Waals surface area contributed by atoms with Crippen LogP contribution in [0.1, 0.15) is 24.0 Å². The molecule has 1 heterocycles. The summed E-state index contributed by atoms with van der Waals surface area (Å²) in [5.41, 5.74) is 11.4. The second-order valence-electron chi connectivity index (χ2n) is 6.39. The Bertz CT molecular complexity index is 920. The lowest BCUT2D eigenvalue weighted by atomic mass is 9.99. The highest BCUT2D eigenvalue weighted by Gasteiger charge is 2.18. The van der Waals surface area contributed by atoms with E-state index >= 15 is 0 Å². The zero-order valence-electron chi connectivity index (χ0n) is 15.5. The van der Waals surface area contributed by atoms with Gasteiger partial charge >= 0.3 is 0 Å². The minimum absolute atomic E-state index is 0.716. The van der Waals surface area contributed by atoms with Crippen LogP contribution in [-0.2, 0) is 6.42 Å². The maximum absolute atomic E-state index is 6.36. The molecule has 3 nitrogen and oxygen atoms in total. The number of nitrogens with one attached hydrogen (secondary N) is 1. The Morgan fingerprint density at radius 3 is 2.69 bits per heavy atom. The number of ether oxygens (including phenoxy) is 1. The summed E-state index contributed by atoms with van der Waals surface area (Å²) >= 11 is 8.09. The van der Waals surface area contributed by atoms with E-state index in [2.05, 4.69) is 36.4 Å². The summed E-state index contributed by atoms with van der Waals surface area (Å²) in [6, 6.07) is 10.4. The number of H-pyrrole nitrogens is 1. The van der Waals surface area contributed by atoms with Crippen molar-refractivity contribution in [1.29, 1.82) is 0 Å². The van der Waals surface area contributed by atoms with Gasteiger partial charge in [0.1, 0.15) is 5.75 Å². The van der Waals surface area contributed by atoms with E-state index in [9.17, 15) is 0 Å². The first-order valence-corrected chi connectivity index (χ1v) is 10.4. The van der Waals surface area contributed by atoms with Crippen molar-refractivity contribution >= 4 is 34.3 Å². The minimum atomic E-state index is 0.716. The maximum atomic E-state index is 6.36. The largest absolute Gasteiger partial charge is 0.496 e. The van der Waals surface area contributed by atoms with Crippen molar-refractivity contribution < 1.29 is 4.74 Å². The van der Waals surface area contributed by atoms with Crippen LogP contribution in [-0.4, -0.2) is 24.9 Å². The molecule has 0 aliphatic rings. The molecule has 0 unspecified atom stereocenters. The highest BCUT2D eigenvalue weighted by Crippen LogP contribution is 2.40. The molecule has 0 saturated heterocycles. The Balaban J connectivity index is 2.24. The molecular formula is C21H25ClN2OS. The smallest absolute Gasteiger partial charge is 0.128 e. The van der Waals surface area contributed by atoms with Crippen LogP contribution in [0.5, 0.6) is 5.75 Å². The lowest BCUT2D eigenvalue weighted by Gasteiger charge is -2.11. The summed E-state index contributed by atoms with van der Waals surface area (Å²) in [7, 11) is 1.72. The number of unbranched alkanes of at least 4 members (excludes halogenated alkanes) is 1. The van der Waals surface area contributed by atoms with Crippen LogP contribution in [0.3, 0.4) is 0 Å². The summed E-state index contributed by atoms with van der Waals surface area (Å²) in [6.07, 6.45) is 5.13. The van der Waals surface area contributed by atoms with Gasteiger partial charge in [0.15, 0.2) is 0 Å². The van der Waals surface area contributed by atoms with Crippen molar-refractivity contribution in [2.45, 2.75) is 31.1 Å². The molecule has 3 N–H and O–H groups in total. The van der Waals surface area contributed by atoms with Crippen molar-refractivity contribution in [3.8, 4) is 17.0 Å². The fraction of sp³-hybridized carbons (Fsp3) is 0.333. The third kappa shape index (κ3) is 3.59. The van der Waals surface area contributed by atoms with E-state index in [1.54, 1.807) is 18.9 Å². The Morgan fingerprint density at radius 2 is 2.00 bits per heavy atom. The molecular weight excluding hydrogens is 364 g/mol. The molecule has 3 aromatic rings. The normalized spacial score (nSPS) is 11.3. The van der Waals surface area contributed by atoms with Gasteiger partial charge < -0.3 is 15.5 Å². The van der Waals surface area contributed by atoms with Gasteiger partial charge in [0, 0.05) is 20.9 Å². The molecule has 0 fully saturated rings. The van der Waals surface area contributed by atoms with Crippen LogP contribution < -0.4 is 10.5 Å². The molecule has 26 heavy (non-hydrogen) atoms. The van der Waals surface area contributed by atoms with E-state index in [0.717, 1.165) is 52.4 Å². The Hall–Kier alpha value is -1.62. The number of benzene rings is 2. The fourth-order valence-electron chi connectivity index (χ4n) is 3.38. The second-order valence-corrected chi connectivity index (χ2v) is 7.67. The number of methoxy groups -OCH3 is 1. The molecule has 1 aromatic heterocycles. The molecule has 0 bridgehead atoms. The number of hydrogen-bond donors (Lipinski definition) is 2. The van der Waals surface area contributed by atoms with Gasteiger partial charge in [0.05, 0.1) is 18.3 Å². The van der Waals surface area contributed by atoms with Gasteiger partial charge in [-0.15, -0.1) is 11.8 Å². The Morgan fingerprint density at radius 1 is 1.19 bits per heavy atom. The van der Waals surface area contributed by atoms with Gasteiger partial charge in [-0.3, -0.25) is 0 Å². The summed E-state index contributed by atoms with van der Waals surface area (Å²) in [5, 5.41) is 2.01. The van der Waals surface area contributed by atoms with Crippen molar-refractivity contribution in [1.82, 2.24) is 4.98 Å². The minimum Gasteiger partial charge on any atom is -0.496 e. The van der Waals surface area contributed by atoms with Crippen LogP contribution in [0, 0.1) is 6.92 Å². The molecule has 5 heteroatoms. The lowest BCUT2D eigenvalue weighted by Crippen LogP contribution is -1.99. The molecule has 0 radical (unpaired) electrons. The van der Waals surface area contributed by atoms with E-state index in [-0.39, 0.29) is 0 Å². The monoisotopic (exact) mass is 388 g/mol. The van der Waals surface area contributed by atoms with Crippen LogP contribution >= 0.6 is 23.4 Å². The van der Waals surface area contributed by atoms with E-state index in [1.165, 1.54) is 15.8 Å². The number of aryl methyl sites for hydroxylation is 2. The molecule has 138 valence electrons. The third-order valence-electron chi connectivity index (χ3n) is 4.83. The summed E-state index contributed by atoms with van der Waals surface area (Å²) in [6.45, 7) is 2.78. The van der Waals surface area contributed by atoms with Crippen LogP contribution in [0.25, 0.3) is 22.2 Å². The van der Waals surface area contributed by atoms with E-state index in [4.69, 9.17) is 22.1 Å². The average Bonchev–Trinajstić information content (AvgIpc) is 3.03. The van der Waals surface area contributed by atoms with Crippen molar-refractivity contribution in [3.05, 3.63) is 46.5 Å². The second kappa shape index (κ2) is 8.38. The first-order chi connectivity index (χ1) is 12.6. The quantitative estimate of drug-likeness (QED) is 0.396. The van der Waals surface area contributed by atoms with Gasteiger partial charge in [0.25, 0.3) is 0 Å². The van der Waals surface area contributed by atoms with Gasteiger partial charge in [-0.1, -0.05) is 17.7 Å². The Labute approximate surface area is 164 Å². The predicted octanol–water partition coefficient (Wildman–Crippen LogP) is 5.81. The van der Waals surface area contributed by atoms with E-state index < -0.39 is 0 Å². The SMILES string of the molecule is COc1ccc(SC)cc1-c1[nH]c2c(C)c(Cl)ccc2c1CCCCN. The first-order valence-electron chi connectivity index (χ1n) is 8.82. The number of rotatable bonds is 7.